The standard InChI is InChI=1S/C22H32N6O/c1-3-24-22(28-10-5-8-20(16-28)13-21(23)29)26-14-18-6-4-7-19(12-18)15-27-11-9-25-17(27)2/h4,6-7,9,11-12,20H,3,5,8,10,13-16H2,1-2H3,(H2,23,29)(H,24,26). The molecular formula is C22H32N6O. The number of carbonyl (C=O) groups excluding carboxylic acids is 1. The molecule has 3 rings (SSSR count). The molecule has 7 heteroatoms. The van der Waals surface area contributed by atoms with Crippen LogP contribution in [-0.4, -0.2) is 46.0 Å². The van der Waals surface area contributed by atoms with Gasteiger partial charge in [0, 0.05) is 45.0 Å². The first-order chi connectivity index (χ1) is 14.0. The molecular weight excluding hydrogens is 364 g/mol. The maximum atomic E-state index is 11.3. The Morgan fingerprint density at radius 3 is 2.93 bits per heavy atom. The van der Waals surface area contributed by atoms with E-state index in [0.717, 1.165) is 50.8 Å². The molecule has 2 heterocycles. The third-order valence-electron chi connectivity index (χ3n) is 5.32. The molecule has 0 saturated carbocycles. The van der Waals surface area contributed by atoms with Gasteiger partial charge in [-0.2, -0.15) is 0 Å². The molecule has 156 valence electrons. The van der Waals surface area contributed by atoms with E-state index in [9.17, 15) is 4.79 Å². The smallest absolute Gasteiger partial charge is 0.217 e. The topological polar surface area (TPSA) is 88.5 Å². The van der Waals surface area contributed by atoms with Crippen LogP contribution >= 0.6 is 0 Å². The Morgan fingerprint density at radius 1 is 1.38 bits per heavy atom. The summed E-state index contributed by atoms with van der Waals surface area (Å²) in [6.07, 6.45) is 6.39. The molecule has 0 bridgehead atoms. The number of guanidine groups is 1. The highest BCUT2D eigenvalue weighted by Gasteiger charge is 2.23. The highest BCUT2D eigenvalue weighted by molar-refractivity contribution is 5.80. The number of nitrogens with one attached hydrogen (secondary N) is 1. The fraction of sp³-hybridized carbons (Fsp3) is 0.500. The molecule has 1 unspecified atom stereocenters. The van der Waals surface area contributed by atoms with Crippen molar-refractivity contribution in [1.82, 2.24) is 19.8 Å². The van der Waals surface area contributed by atoms with Crippen LogP contribution in [0.2, 0.25) is 0 Å². The van der Waals surface area contributed by atoms with E-state index in [4.69, 9.17) is 10.7 Å². The number of rotatable bonds is 7. The zero-order valence-electron chi connectivity index (χ0n) is 17.5. The molecule has 3 N–H and O–H groups in total. The number of piperidine rings is 1. The summed E-state index contributed by atoms with van der Waals surface area (Å²) >= 11 is 0. The van der Waals surface area contributed by atoms with Crippen LogP contribution in [0.3, 0.4) is 0 Å². The minimum absolute atomic E-state index is 0.219. The summed E-state index contributed by atoms with van der Waals surface area (Å²) in [6, 6.07) is 8.54. The predicted molar refractivity (Wildman–Crippen MR) is 115 cm³/mol. The maximum Gasteiger partial charge on any atom is 0.217 e. The zero-order valence-corrected chi connectivity index (χ0v) is 17.5. The molecule has 0 spiro atoms. The van der Waals surface area contributed by atoms with Gasteiger partial charge in [0.2, 0.25) is 5.91 Å². The Bertz CT molecular complexity index is 843. The van der Waals surface area contributed by atoms with Gasteiger partial charge in [-0.3, -0.25) is 4.79 Å². The molecule has 1 saturated heterocycles. The quantitative estimate of drug-likeness (QED) is 0.555. The number of carbonyl (C=O) groups is 1. The van der Waals surface area contributed by atoms with Crippen molar-refractivity contribution in [2.24, 2.45) is 16.6 Å². The van der Waals surface area contributed by atoms with Crippen LogP contribution < -0.4 is 11.1 Å². The van der Waals surface area contributed by atoms with Crippen molar-refractivity contribution in [2.75, 3.05) is 19.6 Å². The van der Waals surface area contributed by atoms with E-state index in [2.05, 4.69) is 51.0 Å². The normalized spacial score (nSPS) is 17.4. The number of aryl methyl sites for hydroxylation is 1. The summed E-state index contributed by atoms with van der Waals surface area (Å²) in [6.45, 7) is 8.13. The zero-order chi connectivity index (χ0) is 20.6. The number of amides is 1. The molecule has 1 aliphatic heterocycles. The average Bonchev–Trinajstić information content (AvgIpc) is 3.09. The first kappa shape index (κ1) is 20.9. The predicted octanol–water partition coefficient (Wildman–Crippen LogP) is 2.29. The van der Waals surface area contributed by atoms with Crippen LogP contribution in [0.4, 0.5) is 0 Å². The lowest BCUT2D eigenvalue weighted by atomic mass is 9.95. The van der Waals surface area contributed by atoms with E-state index in [-0.39, 0.29) is 5.91 Å². The van der Waals surface area contributed by atoms with Gasteiger partial charge in [0.15, 0.2) is 5.96 Å². The summed E-state index contributed by atoms with van der Waals surface area (Å²) in [5, 5.41) is 3.40. The van der Waals surface area contributed by atoms with Crippen molar-refractivity contribution in [2.45, 2.75) is 46.2 Å². The van der Waals surface area contributed by atoms with E-state index >= 15 is 0 Å². The van der Waals surface area contributed by atoms with Crippen molar-refractivity contribution in [1.29, 1.82) is 0 Å². The van der Waals surface area contributed by atoms with Gasteiger partial charge < -0.3 is 20.5 Å². The second-order valence-electron chi connectivity index (χ2n) is 7.72. The molecule has 1 fully saturated rings. The van der Waals surface area contributed by atoms with Gasteiger partial charge in [-0.15, -0.1) is 0 Å². The lowest BCUT2D eigenvalue weighted by Gasteiger charge is -2.34. The van der Waals surface area contributed by atoms with Crippen molar-refractivity contribution in [3.63, 3.8) is 0 Å². The van der Waals surface area contributed by atoms with Gasteiger partial charge in [0.1, 0.15) is 5.82 Å². The van der Waals surface area contributed by atoms with Crippen molar-refractivity contribution in [3.05, 3.63) is 53.6 Å². The second kappa shape index (κ2) is 10.1. The Hall–Kier alpha value is -2.83. The monoisotopic (exact) mass is 396 g/mol. The fourth-order valence-electron chi connectivity index (χ4n) is 3.89. The number of nitrogens with zero attached hydrogens (tertiary/aromatic N) is 4. The van der Waals surface area contributed by atoms with Gasteiger partial charge in [0.05, 0.1) is 6.54 Å². The van der Waals surface area contributed by atoms with Gasteiger partial charge in [-0.1, -0.05) is 24.3 Å². The molecule has 1 aromatic carbocycles. The molecule has 29 heavy (non-hydrogen) atoms. The largest absolute Gasteiger partial charge is 0.370 e. The van der Waals surface area contributed by atoms with E-state index < -0.39 is 0 Å². The number of benzene rings is 1. The Kier molecular flexibility index (Phi) is 7.27. The van der Waals surface area contributed by atoms with Crippen LogP contribution in [-0.2, 0) is 17.9 Å². The molecule has 7 nitrogen and oxygen atoms in total. The Labute approximate surface area is 173 Å². The first-order valence-electron chi connectivity index (χ1n) is 10.4. The number of hydrogen-bond donors (Lipinski definition) is 2. The molecule has 0 radical (unpaired) electrons. The van der Waals surface area contributed by atoms with Crippen LogP contribution in [0.5, 0.6) is 0 Å². The minimum atomic E-state index is -0.219. The SMILES string of the molecule is CCNC(=NCc1cccc(Cn2ccnc2C)c1)N1CCCC(CC(N)=O)C1. The summed E-state index contributed by atoms with van der Waals surface area (Å²) in [4.78, 5) is 22.7. The van der Waals surface area contributed by atoms with Gasteiger partial charge in [-0.05, 0) is 43.7 Å². The van der Waals surface area contributed by atoms with Crippen molar-refractivity contribution < 1.29 is 4.79 Å². The molecule has 1 aliphatic rings. The first-order valence-corrected chi connectivity index (χ1v) is 10.4. The number of nitrogens with two attached hydrogens (primary N) is 1. The molecule has 1 atom stereocenters. The number of primary amides is 1. The highest BCUT2D eigenvalue weighted by atomic mass is 16.1. The molecule has 0 aliphatic carbocycles. The number of hydrogen-bond acceptors (Lipinski definition) is 3. The summed E-state index contributed by atoms with van der Waals surface area (Å²) in [5.74, 6) is 2.02. The highest BCUT2D eigenvalue weighted by Crippen LogP contribution is 2.19. The molecule has 1 aromatic heterocycles. The third-order valence-corrected chi connectivity index (χ3v) is 5.32. The van der Waals surface area contributed by atoms with Crippen molar-refractivity contribution >= 4 is 11.9 Å². The summed E-state index contributed by atoms with van der Waals surface area (Å²) in [5.41, 5.74) is 7.82. The van der Waals surface area contributed by atoms with Gasteiger partial charge in [-0.25, -0.2) is 9.98 Å². The van der Waals surface area contributed by atoms with Gasteiger partial charge >= 0.3 is 0 Å². The number of imidazole rings is 1. The Morgan fingerprint density at radius 2 is 2.21 bits per heavy atom. The minimum Gasteiger partial charge on any atom is -0.370 e. The second-order valence-corrected chi connectivity index (χ2v) is 7.72. The Balaban J connectivity index is 1.67. The van der Waals surface area contributed by atoms with Crippen molar-refractivity contribution in [3.8, 4) is 0 Å². The number of aromatic nitrogens is 2. The summed E-state index contributed by atoms with van der Waals surface area (Å²) < 4.78 is 2.14. The van der Waals surface area contributed by atoms with Crippen LogP contribution in [0.25, 0.3) is 0 Å². The molecule has 2 aromatic rings. The third kappa shape index (κ3) is 6.07. The van der Waals surface area contributed by atoms with Crippen LogP contribution in [0.15, 0.2) is 41.7 Å². The van der Waals surface area contributed by atoms with E-state index in [1.54, 1.807) is 0 Å². The van der Waals surface area contributed by atoms with E-state index in [1.807, 2.05) is 19.3 Å². The van der Waals surface area contributed by atoms with E-state index in [1.165, 1.54) is 11.1 Å². The number of aliphatic imine (C=N–C) groups is 1. The summed E-state index contributed by atoms with van der Waals surface area (Å²) in [7, 11) is 0. The fourth-order valence-corrected chi connectivity index (χ4v) is 3.89. The van der Waals surface area contributed by atoms with E-state index in [0.29, 0.717) is 18.9 Å². The van der Waals surface area contributed by atoms with Crippen LogP contribution in [0, 0.1) is 12.8 Å². The van der Waals surface area contributed by atoms with Crippen LogP contribution in [0.1, 0.15) is 43.1 Å². The van der Waals surface area contributed by atoms with Gasteiger partial charge in [0.25, 0.3) is 0 Å². The molecule has 1 amide bonds. The lowest BCUT2D eigenvalue weighted by molar-refractivity contribution is -0.119. The number of likely N-dealkylation sites (tertiary alicyclic amines) is 1. The average molecular weight is 397 g/mol. The lowest BCUT2D eigenvalue weighted by Crippen LogP contribution is -2.47. The maximum absolute atomic E-state index is 11.3.